The molecule has 1 saturated heterocycles. The summed E-state index contributed by atoms with van der Waals surface area (Å²) in [6, 6.07) is 0. The fourth-order valence-electron chi connectivity index (χ4n) is 2.40. The van der Waals surface area contributed by atoms with Crippen molar-refractivity contribution in [3.05, 3.63) is 0 Å². The van der Waals surface area contributed by atoms with Gasteiger partial charge in [-0.25, -0.2) is 0 Å². The lowest BCUT2D eigenvalue weighted by Gasteiger charge is -2.42. The molecule has 0 aromatic carbocycles. The summed E-state index contributed by atoms with van der Waals surface area (Å²) in [5.74, 6) is -3.50. The van der Waals surface area contributed by atoms with Crippen LogP contribution in [0.15, 0.2) is 0 Å². The maximum atomic E-state index is 11.9. The van der Waals surface area contributed by atoms with E-state index in [2.05, 4.69) is 0 Å². The molecule has 4 N–H and O–H groups in total. The molecule has 0 aliphatic carbocycles. The number of ketones is 2. The molecule has 7 heteroatoms. The van der Waals surface area contributed by atoms with Crippen molar-refractivity contribution in [1.82, 2.24) is 0 Å². The maximum absolute atomic E-state index is 11.9. The molecule has 0 amide bonds. The summed E-state index contributed by atoms with van der Waals surface area (Å²) >= 11 is 0. The van der Waals surface area contributed by atoms with Gasteiger partial charge < -0.3 is 25.2 Å². The lowest BCUT2D eigenvalue weighted by Crippen LogP contribution is -2.62. The monoisotopic (exact) mass is 304 g/mol. The van der Waals surface area contributed by atoms with Crippen molar-refractivity contribution in [3.8, 4) is 0 Å². The summed E-state index contributed by atoms with van der Waals surface area (Å²) in [5.41, 5.74) is 0. The highest BCUT2D eigenvalue weighted by atomic mass is 16.7. The Hall–Kier alpha value is -0.860. The SMILES string of the molecule is CCCC(=O)C(O)[C@H]1O[C@@](O)(C(=O)CCC)C[C@@H](O)[C@@H]1O. The highest BCUT2D eigenvalue weighted by Crippen LogP contribution is 2.31. The van der Waals surface area contributed by atoms with Gasteiger partial charge in [0.25, 0.3) is 0 Å². The number of rotatable bonds is 7. The van der Waals surface area contributed by atoms with Crippen LogP contribution in [0.5, 0.6) is 0 Å². The molecule has 0 radical (unpaired) electrons. The lowest BCUT2D eigenvalue weighted by molar-refractivity contribution is -0.296. The van der Waals surface area contributed by atoms with Crippen LogP contribution in [0.1, 0.15) is 46.0 Å². The molecular weight excluding hydrogens is 280 g/mol. The van der Waals surface area contributed by atoms with E-state index in [1.165, 1.54) is 0 Å². The zero-order valence-electron chi connectivity index (χ0n) is 12.4. The van der Waals surface area contributed by atoms with E-state index in [9.17, 15) is 30.0 Å². The highest BCUT2D eigenvalue weighted by Gasteiger charge is 2.52. The second-order valence-electron chi connectivity index (χ2n) is 5.46. The van der Waals surface area contributed by atoms with E-state index in [4.69, 9.17) is 4.74 Å². The van der Waals surface area contributed by atoms with Crippen LogP contribution in [0.4, 0.5) is 0 Å². The summed E-state index contributed by atoms with van der Waals surface area (Å²) < 4.78 is 5.13. The molecule has 7 nitrogen and oxygen atoms in total. The van der Waals surface area contributed by atoms with Crippen molar-refractivity contribution >= 4 is 11.6 Å². The van der Waals surface area contributed by atoms with E-state index in [0.717, 1.165) is 0 Å². The zero-order chi connectivity index (χ0) is 16.2. The fourth-order valence-corrected chi connectivity index (χ4v) is 2.40. The summed E-state index contributed by atoms with van der Waals surface area (Å²) in [4.78, 5) is 23.6. The molecule has 1 fully saturated rings. The Labute approximate surface area is 123 Å². The predicted octanol–water partition coefficient (Wildman–Crippen LogP) is -0.715. The molecule has 0 bridgehead atoms. The minimum absolute atomic E-state index is 0.0328. The Morgan fingerprint density at radius 1 is 1.24 bits per heavy atom. The van der Waals surface area contributed by atoms with Gasteiger partial charge in [-0.1, -0.05) is 13.8 Å². The summed E-state index contributed by atoms with van der Waals surface area (Å²) in [5, 5.41) is 39.8. The van der Waals surface area contributed by atoms with Gasteiger partial charge in [0.1, 0.15) is 18.3 Å². The third-order valence-corrected chi connectivity index (χ3v) is 3.60. The number of Topliss-reactive ketones (excluding diaryl/α,β-unsaturated/α-hetero) is 2. The quantitative estimate of drug-likeness (QED) is 0.489. The molecule has 0 aromatic heterocycles. The number of ether oxygens (including phenoxy) is 1. The van der Waals surface area contributed by atoms with Crippen LogP contribution >= 0.6 is 0 Å². The van der Waals surface area contributed by atoms with E-state index >= 15 is 0 Å². The molecule has 1 aliphatic rings. The molecule has 0 spiro atoms. The van der Waals surface area contributed by atoms with E-state index in [0.29, 0.717) is 12.8 Å². The zero-order valence-corrected chi connectivity index (χ0v) is 12.4. The van der Waals surface area contributed by atoms with Crippen molar-refractivity contribution in [2.75, 3.05) is 0 Å². The van der Waals surface area contributed by atoms with Gasteiger partial charge in [-0.2, -0.15) is 0 Å². The van der Waals surface area contributed by atoms with Crippen LogP contribution in [0, 0.1) is 0 Å². The Morgan fingerprint density at radius 3 is 2.33 bits per heavy atom. The van der Waals surface area contributed by atoms with E-state index in [1.54, 1.807) is 13.8 Å². The molecule has 1 aliphatic heterocycles. The third-order valence-electron chi connectivity index (χ3n) is 3.60. The second-order valence-corrected chi connectivity index (χ2v) is 5.46. The molecular formula is C14H24O7. The first-order valence-corrected chi connectivity index (χ1v) is 7.27. The topological polar surface area (TPSA) is 124 Å². The van der Waals surface area contributed by atoms with Gasteiger partial charge >= 0.3 is 0 Å². The van der Waals surface area contributed by atoms with Crippen molar-refractivity contribution in [3.63, 3.8) is 0 Å². The Morgan fingerprint density at radius 2 is 1.81 bits per heavy atom. The predicted molar refractivity (Wildman–Crippen MR) is 72.3 cm³/mol. The first kappa shape index (κ1) is 18.2. The molecule has 122 valence electrons. The van der Waals surface area contributed by atoms with Crippen LogP contribution in [0.3, 0.4) is 0 Å². The Bertz CT molecular complexity index is 384. The fraction of sp³-hybridized carbons (Fsp3) is 0.857. The number of hydrogen-bond acceptors (Lipinski definition) is 7. The van der Waals surface area contributed by atoms with Gasteiger partial charge in [-0.3, -0.25) is 9.59 Å². The highest BCUT2D eigenvalue weighted by molar-refractivity contribution is 5.86. The largest absolute Gasteiger partial charge is 0.390 e. The first-order valence-electron chi connectivity index (χ1n) is 7.27. The molecule has 5 atom stereocenters. The lowest BCUT2D eigenvalue weighted by atomic mass is 9.88. The molecule has 1 heterocycles. The molecule has 21 heavy (non-hydrogen) atoms. The van der Waals surface area contributed by atoms with Gasteiger partial charge in [0.2, 0.25) is 5.79 Å². The van der Waals surface area contributed by atoms with Crippen LogP contribution in [0.2, 0.25) is 0 Å². The second kappa shape index (κ2) is 7.42. The molecule has 0 saturated carbocycles. The summed E-state index contributed by atoms with van der Waals surface area (Å²) in [7, 11) is 0. The van der Waals surface area contributed by atoms with Crippen molar-refractivity contribution in [2.45, 2.75) is 76.2 Å². The first-order chi connectivity index (χ1) is 9.76. The van der Waals surface area contributed by atoms with Crippen molar-refractivity contribution in [1.29, 1.82) is 0 Å². The number of hydrogen-bond donors (Lipinski definition) is 4. The van der Waals surface area contributed by atoms with Crippen molar-refractivity contribution < 1.29 is 34.8 Å². The maximum Gasteiger partial charge on any atom is 0.229 e. The van der Waals surface area contributed by atoms with Crippen LogP contribution in [-0.2, 0) is 14.3 Å². The minimum atomic E-state index is -2.28. The number of aliphatic hydroxyl groups excluding tert-OH is 3. The molecule has 0 aromatic rings. The van der Waals surface area contributed by atoms with Gasteiger partial charge in [0, 0.05) is 19.3 Å². The number of carbonyl (C=O) groups is 2. The number of carbonyl (C=O) groups excluding carboxylic acids is 2. The summed E-state index contributed by atoms with van der Waals surface area (Å²) in [6.07, 6.45) is -5.64. The van der Waals surface area contributed by atoms with E-state index in [1.807, 2.05) is 0 Å². The van der Waals surface area contributed by atoms with Crippen LogP contribution in [-0.4, -0.2) is 62.2 Å². The smallest absolute Gasteiger partial charge is 0.229 e. The van der Waals surface area contributed by atoms with Gasteiger partial charge in [0.15, 0.2) is 11.6 Å². The standard InChI is InChI=1S/C14H24O7/c1-3-5-8(15)11(18)13-12(19)9(16)7-14(20,21-13)10(17)6-4-2/h9,11-13,16,18-20H,3-7H2,1-2H3/t9-,11?,12+,13-,14-/m1/s1. The number of aliphatic hydroxyl groups is 4. The van der Waals surface area contributed by atoms with E-state index < -0.39 is 48.2 Å². The molecule has 1 unspecified atom stereocenters. The van der Waals surface area contributed by atoms with Gasteiger partial charge in [-0.15, -0.1) is 0 Å². The van der Waals surface area contributed by atoms with Crippen molar-refractivity contribution in [2.24, 2.45) is 0 Å². The average molecular weight is 304 g/mol. The average Bonchev–Trinajstić information content (AvgIpc) is 2.42. The van der Waals surface area contributed by atoms with Gasteiger partial charge in [0.05, 0.1) is 6.10 Å². The third kappa shape index (κ3) is 4.08. The minimum Gasteiger partial charge on any atom is -0.390 e. The van der Waals surface area contributed by atoms with Crippen LogP contribution in [0.25, 0.3) is 0 Å². The van der Waals surface area contributed by atoms with Gasteiger partial charge in [-0.05, 0) is 12.8 Å². The Balaban J connectivity index is 2.92. The normalized spacial score (nSPS) is 34.5. The van der Waals surface area contributed by atoms with E-state index in [-0.39, 0.29) is 12.8 Å². The van der Waals surface area contributed by atoms with Crippen LogP contribution < -0.4 is 0 Å². The Kier molecular flexibility index (Phi) is 6.42. The summed E-state index contributed by atoms with van der Waals surface area (Å²) in [6.45, 7) is 3.49. The molecule has 1 rings (SSSR count).